The molecule has 2 aromatic rings. The van der Waals surface area contributed by atoms with E-state index in [0.717, 1.165) is 41.9 Å². The highest BCUT2D eigenvalue weighted by atomic mass is 79.9. The van der Waals surface area contributed by atoms with Crippen molar-refractivity contribution in [3.05, 3.63) is 46.2 Å². The van der Waals surface area contributed by atoms with Crippen LogP contribution in [-0.4, -0.2) is 27.9 Å². The molecule has 186 valence electrons. The standard InChI is InChI=1S/C29H35BrFN3O/c1-33-23(20-5-6-20)14-24(32-33)28-10-7-26(8-11-28,9-12-28)19-34(22-4-2-3-21(30)13-22)25(35)15-27-16-29(31,17-27)18-27/h2-4,13-14,20H,5-12,15-19H2,1H3. The van der Waals surface area contributed by atoms with Gasteiger partial charge in [-0.2, -0.15) is 5.10 Å². The highest BCUT2D eigenvalue weighted by Gasteiger charge is 2.69. The van der Waals surface area contributed by atoms with Crippen LogP contribution < -0.4 is 4.90 Å². The Bertz CT molecular complexity index is 1160. The lowest BCUT2D eigenvalue weighted by atomic mass is 9.41. The lowest BCUT2D eigenvalue weighted by Crippen LogP contribution is -2.65. The molecule has 9 rings (SSSR count). The van der Waals surface area contributed by atoms with Gasteiger partial charge in [0.05, 0.1) is 5.69 Å². The third-order valence-electron chi connectivity index (χ3n) is 10.4. The zero-order chi connectivity index (χ0) is 24.1. The van der Waals surface area contributed by atoms with Crippen molar-refractivity contribution in [3.63, 3.8) is 0 Å². The molecule has 7 fully saturated rings. The lowest BCUT2D eigenvalue weighted by molar-refractivity contribution is -0.215. The molecule has 0 N–H and O–H groups in total. The fourth-order valence-electron chi connectivity index (χ4n) is 8.15. The van der Waals surface area contributed by atoms with Crippen LogP contribution in [0.1, 0.15) is 94.4 Å². The van der Waals surface area contributed by atoms with Crippen molar-refractivity contribution in [1.82, 2.24) is 9.78 Å². The molecule has 0 spiro atoms. The zero-order valence-electron chi connectivity index (χ0n) is 20.7. The molecule has 1 aromatic carbocycles. The molecular formula is C29H35BrFN3O. The van der Waals surface area contributed by atoms with Crippen LogP contribution in [0.15, 0.2) is 34.8 Å². The smallest absolute Gasteiger partial charge is 0.227 e. The first-order valence-corrected chi connectivity index (χ1v) is 14.3. The van der Waals surface area contributed by atoms with Crippen LogP contribution in [0.2, 0.25) is 0 Å². The Kier molecular flexibility index (Phi) is 4.77. The largest absolute Gasteiger partial charge is 0.312 e. The summed E-state index contributed by atoms with van der Waals surface area (Å²) in [6.07, 6.45) is 11.8. The van der Waals surface area contributed by atoms with Gasteiger partial charge in [0.2, 0.25) is 5.91 Å². The van der Waals surface area contributed by atoms with Gasteiger partial charge >= 0.3 is 0 Å². The molecule has 7 saturated carbocycles. The molecule has 1 amide bonds. The summed E-state index contributed by atoms with van der Waals surface area (Å²) in [5.74, 6) is 0.905. The third kappa shape index (κ3) is 3.64. The summed E-state index contributed by atoms with van der Waals surface area (Å²) in [6, 6.07) is 10.6. The minimum atomic E-state index is -0.958. The fraction of sp³-hybridized carbons (Fsp3) is 0.655. The second-order valence-electron chi connectivity index (χ2n) is 13.0. The number of hydrogen-bond donors (Lipinski definition) is 0. The number of carbonyl (C=O) groups is 1. The van der Waals surface area contributed by atoms with E-state index in [9.17, 15) is 9.18 Å². The van der Waals surface area contributed by atoms with Gasteiger partial charge in [-0.3, -0.25) is 9.48 Å². The molecule has 4 nitrogen and oxygen atoms in total. The van der Waals surface area contributed by atoms with Crippen molar-refractivity contribution in [2.75, 3.05) is 11.4 Å². The molecule has 35 heavy (non-hydrogen) atoms. The summed E-state index contributed by atoms with van der Waals surface area (Å²) in [5.41, 5.74) is 3.08. The van der Waals surface area contributed by atoms with Gasteiger partial charge < -0.3 is 4.90 Å². The molecule has 0 aliphatic heterocycles. The summed E-state index contributed by atoms with van der Waals surface area (Å²) in [6.45, 7) is 0.782. The highest BCUT2D eigenvalue weighted by Crippen LogP contribution is 2.71. The second kappa shape index (κ2) is 7.43. The van der Waals surface area contributed by atoms with Crippen LogP contribution in [0.3, 0.4) is 0 Å². The maximum absolute atomic E-state index is 14.1. The van der Waals surface area contributed by atoms with E-state index >= 15 is 0 Å². The van der Waals surface area contributed by atoms with E-state index in [-0.39, 0.29) is 22.2 Å². The Hall–Kier alpha value is -1.69. The van der Waals surface area contributed by atoms with Crippen molar-refractivity contribution < 1.29 is 9.18 Å². The Morgan fingerprint density at radius 3 is 2.37 bits per heavy atom. The number of aromatic nitrogens is 2. The van der Waals surface area contributed by atoms with Crippen LogP contribution in [-0.2, 0) is 17.3 Å². The summed E-state index contributed by atoms with van der Waals surface area (Å²) in [5, 5.41) is 5.01. The van der Waals surface area contributed by atoms with Gasteiger partial charge in [0, 0.05) is 47.2 Å². The number of carbonyl (C=O) groups excluding carboxylic acids is 1. The first-order chi connectivity index (χ1) is 16.7. The van der Waals surface area contributed by atoms with Gasteiger partial charge in [0.15, 0.2) is 0 Å². The maximum atomic E-state index is 14.1. The minimum absolute atomic E-state index is 0.0692. The Balaban J connectivity index is 1.10. The van der Waals surface area contributed by atoms with Gasteiger partial charge in [-0.25, -0.2) is 4.39 Å². The summed E-state index contributed by atoms with van der Waals surface area (Å²) in [7, 11) is 2.11. The van der Waals surface area contributed by atoms with Gasteiger partial charge in [0.25, 0.3) is 0 Å². The average Bonchev–Trinajstić information content (AvgIpc) is 3.58. The SMILES string of the molecule is Cn1nc(C23CCC(CN(C(=O)CC45CC(F)(C4)C5)c4cccc(Br)c4)(CC2)CC3)cc1C1CC1. The second-order valence-corrected chi connectivity index (χ2v) is 13.9. The Morgan fingerprint density at radius 2 is 1.77 bits per heavy atom. The van der Waals surface area contributed by atoms with Crippen LogP contribution in [0, 0.1) is 10.8 Å². The number of hydrogen-bond acceptors (Lipinski definition) is 2. The van der Waals surface area contributed by atoms with Crippen LogP contribution >= 0.6 is 15.9 Å². The summed E-state index contributed by atoms with van der Waals surface area (Å²) >= 11 is 3.60. The van der Waals surface area contributed by atoms with E-state index in [2.05, 4.69) is 50.8 Å². The number of fused-ring (bicyclic) bond motifs is 3. The number of benzene rings is 1. The predicted molar refractivity (Wildman–Crippen MR) is 138 cm³/mol. The van der Waals surface area contributed by atoms with Crippen molar-refractivity contribution in [3.8, 4) is 0 Å². The molecule has 4 bridgehead atoms. The molecule has 0 radical (unpaired) electrons. The maximum Gasteiger partial charge on any atom is 0.227 e. The van der Waals surface area contributed by atoms with Crippen molar-refractivity contribution in [1.29, 1.82) is 0 Å². The van der Waals surface area contributed by atoms with Crippen LogP contribution in [0.5, 0.6) is 0 Å². The zero-order valence-corrected chi connectivity index (χ0v) is 22.2. The molecule has 6 heteroatoms. The minimum Gasteiger partial charge on any atom is -0.312 e. The topological polar surface area (TPSA) is 38.1 Å². The van der Waals surface area contributed by atoms with Crippen molar-refractivity contribution in [2.24, 2.45) is 17.9 Å². The average molecular weight is 541 g/mol. The molecule has 7 aliphatic carbocycles. The predicted octanol–water partition coefficient (Wildman–Crippen LogP) is 6.97. The van der Waals surface area contributed by atoms with E-state index in [4.69, 9.17) is 5.10 Å². The molecule has 0 atom stereocenters. The first-order valence-electron chi connectivity index (χ1n) is 13.5. The molecule has 1 aromatic heterocycles. The molecule has 0 saturated heterocycles. The van der Waals surface area contributed by atoms with E-state index in [1.165, 1.54) is 43.5 Å². The van der Waals surface area contributed by atoms with Crippen LogP contribution in [0.25, 0.3) is 0 Å². The quantitative estimate of drug-likeness (QED) is 0.381. The molecule has 7 aliphatic rings. The van der Waals surface area contributed by atoms with E-state index in [1.54, 1.807) is 0 Å². The molecule has 0 unspecified atom stereocenters. The third-order valence-corrected chi connectivity index (χ3v) is 10.9. The lowest BCUT2D eigenvalue weighted by Gasteiger charge is -2.66. The number of aryl methyl sites for hydroxylation is 1. The van der Waals surface area contributed by atoms with Crippen LogP contribution in [0.4, 0.5) is 10.1 Å². The highest BCUT2D eigenvalue weighted by molar-refractivity contribution is 9.10. The Morgan fingerprint density at radius 1 is 1.09 bits per heavy atom. The molecule has 1 heterocycles. The summed E-state index contributed by atoms with van der Waals surface area (Å²) in [4.78, 5) is 15.8. The number of rotatable bonds is 7. The van der Waals surface area contributed by atoms with E-state index in [1.807, 2.05) is 12.1 Å². The van der Waals surface area contributed by atoms with Gasteiger partial charge in [-0.1, -0.05) is 22.0 Å². The fourth-order valence-corrected chi connectivity index (χ4v) is 8.54. The van der Waals surface area contributed by atoms with Gasteiger partial charge in [0.1, 0.15) is 5.67 Å². The summed E-state index contributed by atoms with van der Waals surface area (Å²) < 4.78 is 17.3. The van der Waals surface area contributed by atoms with Gasteiger partial charge in [-0.05, 0) is 106 Å². The first kappa shape index (κ1) is 22.5. The van der Waals surface area contributed by atoms with E-state index in [0.29, 0.717) is 25.7 Å². The number of nitrogens with zero attached hydrogens (tertiary/aromatic N) is 3. The number of amides is 1. The number of halogens is 2. The van der Waals surface area contributed by atoms with Crippen molar-refractivity contribution in [2.45, 2.75) is 94.1 Å². The van der Waals surface area contributed by atoms with E-state index < -0.39 is 5.67 Å². The molecular weight excluding hydrogens is 505 g/mol. The monoisotopic (exact) mass is 539 g/mol. The number of anilines is 1. The van der Waals surface area contributed by atoms with Gasteiger partial charge in [-0.15, -0.1) is 0 Å². The van der Waals surface area contributed by atoms with Crippen molar-refractivity contribution >= 4 is 27.5 Å². The normalized spacial score (nSPS) is 37.0. The Labute approximate surface area is 215 Å². The number of alkyl halides is 1.